The number of benzene rings is 2. The Balaban J connectivity index is 1.99. The summed E-state index contributed by atoms with van der Waals surface area (Å²) < 4.78 is 54.5. The first-order chi connectivity index (χ1) is 14.5. The largest absolute Gasteiger partial charge is 0.465 e. The molecule has 0 aromatic heterocycles. The fraction of sp³-hybridized carbons (Fsp3) is 0.238. The lowest BCUT2D eigenvalue weighted by Crippen LogP contribution is -2.29. The standard InChI is InChI=1S/C21H15Cl2F4NO3/c22-15-7-12(8-16(23)19(15)24)14(21(25,26)27)9-18(29)11-4-5-13-10(6-11)2-1-3-17(13)28-20(30)31/h4-9,17,28H,1-3H2,(H,30,31). The molecule has 1 aliphatic rings. The number of allylic oxidation sites excluding steroid dienone is 2. The first kappa shape index (κ1) is 23.1. The van der Waals surface area contributed by atoms with Crippen LogP contribution in [0.5, 0.6) is 0 Å². The zero-order valence-electron chi connectivity index (χ0n) is 15.7. The molecule has 2 N–H and O–H groups in total. The summed E-state index contributed by atoms with van der Waals surface area (Å²) in [6, 6.07) is 5.40. The van der Waals surface area contributed by atoms with Gasteiger partial charge in [0.15, 0.2) is 11.6 Å². The van der Waals surface area contributed by atoms with Crippen molar-refractivity contribution in [3.8, 4) is 0 Å². The van der Waals surface area contributed by atoms with E-state index < -0.39 is 51.1 Å². The lowest BCUT2D eigenvalue weighted by Gasteiger charge is -2.25. The minimum atomic E-state index is -4.93. The fourth-order valence-electron chi connectivity index (χ4n) is 3.52. The average molecular weight is 476 g/mol. The summed E-state index contributed by atoms with van der Waals surface area (Å²) in [5, 5.41) is 10.1. The summed E-state index contributed by atoms with van der Waals surface area (Å²) in [6.07, 6.45) is -3.90. The summed E-state index contributed by atoms with van der Waals surface area (Å²) >= 11 is 11.2. The molecular weight excluding hydrogens is 461 g/mol. The molecule has 0 spiro atoms. The van der Waals surface area contributed by atoms with Gasteiger partial charge in [-0.1, -0.05) is 35.3 Å². The quantitative estimate of drug-likeness (QED) is 0.226. The molecule has 0 aliphatic heterocycles. The Morgan fingerprint density at radius 1 is 1.10 bits per heavy atom. The number of hydrogen-bond donors (Lipinski definition) is 2. The molecule has 2 aromatic carbocycles. The van der Waals surface area contributed by atoms with Crippen LogP contribution in [0.25, 0.3) is 5.57 Å². The van der Waals surface area contributed by atoms with Crippen LogP contribution >= 0.6 is 23.2 Å². The van der Waals surface area contributed by atoms with E-state index in [1.54, 1.807) is 0 Å². The second kappa shape index (κ2) is 8.88. The molecule has 1 unspecified atom stereocenters. The number of fused-ring (bicyclic) bond motifs is 1. The predicted molar refractivity (Wildman–Crippen MR) is 108 cm³/mol. The van der Waals surface area contributed by atoms with Gasteiger partial charge in [0.1, 0.15) is 0 Å². The van der Waals surface area contributed by atoms with Crippen molar-refractivity contribution in [1.82, 2.24) is 5.32 Å². The minimum absolute atomic E-state index is 0.00998. The summed E-state index contributed by atoms with van der Waals surface area (Å²) in [7, 11) is 0. The van der Waals surface area contributed by atoms with E-state index in [9.17, 15) is 27.2 Å². The van der Waals surface area contributed by atoms with Crippen LogP contribution in [-0.4, -0.2) is 23.2 Å². The number of carbonyl (C=O) groups excluding carboxylic acids is 1. The Kier molecular flexibility index (Phi) is 6.62. The van der Waals surface area contributed by atoms with E-state index >= 15 is 0 Å². The van der Waals surface area contributed by atoms with Gasteiger partial charge in [-0.15, -0.1) is 0 Å². The van der Waals surface area contributed by atoms with E-state index in [2.05, 4.69) is 5.32 Å². The van der Waals surface area contributed by atoms with Crippen molar-refractivity contribution < 1.29 is 32.3 Å². The van der Waals surface area contributed by atoms with Gasteiger partial charge in [-0.05, 0) is 60.2 Å². The zero-order chi connectivity index (χ0) is 22.9. The van der Waals surface area contributed by atoms with Gasteiger partial charge < -0.3 is 10.4 Å². The van der Waals surface area contributed by atoms with E-state index in [4.69, 9.17) is 28.3 Å². The van der Waals surface area contributed by atoms with Crippen LogP contribution < -0.4 is 5.32 Å². The predicted octanol–water partition coefficient (Wildman–Crippen LogP) is 6.61. The molecule has 0 bridgehead atoms. The van der Waals surface area contributed by atoms with Crippen molar-refractivity contribution in [2.24, 2.45) is 0 Å². The van der Waals surface area contributed by atoms with Gasteiger partial charge in [0.2, 0.25) is 0 Å². The van der Waals surface area contributed by atoms with Gasteiger partial charge in [-0.2, -0.15) is 13.2 Å². The van der Waals surface area contributed by atoms with Gasteiger partial charge in [0.25, 0.3) is 0 Å². The molecule has 1 aliphatic carbocycles. The molecule has 10 heteroatoms. The van der Waals surface area contributed by atoms with Gasteiger partial charge in [0.05, 0.1) is 21.7 Å². The summed E-state index contributed by atoms with van der Waals surface area (Å²) in [5.74, 6) is -1.97. The number of carboxylic acid groups (broad SMARTS) is 1. The molecule has 1 atom stereocenters. The molecule has 2 aromatic rings. The average Bonchev–Trinajstić information content (AvgIpc) is 2.68. The van der Waals surface area contributed by atoms with Gasteiger partial charge >= 0.3 is 12.3 Å². The number of aryl methyl sites for hydroxylation is 1. The molecule has 0 saturated carbocycles. The highest BCUT2D eigenvalue weighted by atomic mass is 35.5. The van der Waals surface area contributed by atoms with Gasteiger partial charge in [0, 0.05) is 5.56 Å². The Bertz CT molecular complexity index is 1060. The monoisotopic (exact) mass is 475 g/mol. The van der Waals surface area contributed by atoms with Crippen LogP contribution in [0.15, 0.2) is 36.4 Å². The topological polar surface area (TPSA) is 66.4 Å². The molecular formula is C21H15Cl2F4NO3. The molecule has 0 heterocycles. The van der Waals surface area contributed by atoms with Crippen LogP contribution in [0.2, 0.25) is 10.0 Å². The van der Waals surface area contributed by atoms with Crippen LogP contribution in [0.4, 0.5) is 22.4 Å². The molecule has 1 amide bonds. The number of hydrogen-bond acceptors (Lipinski definition) is 2. The van der Waals surface area contributed by atoms with Crippen molar-refractivity contribution in [2.75, 3.05) is 0 Å². The van der Waals surface area contributed by atoms with E-state index in [0.717, 1.165) is 12.1 Å². The summed E-state index contributed by atoms with van der Waals surface area (Å²) in [5.41, 5.74) is -0.478. The van der Waals surface area contributed by atoms with Crippen LogP contribution in [0.3, 0.4) is 0 Å². The molecule has 4 nitrogen and oxygen atoms in total. The highest BCUT2D eigenvalue weighted by Crippen LogP contribution is 2.38. The fourth-order valence-corrected chi connectivity index (χ4v) is 4.01. The third-order valence-electron chi connectivity index (χ3n) is 4.92. The van der Waals surface area contributed by atoms with Gasteiger partial charge in [-0.25, -0.2) is 9.18 Å². The minimum Gasteiger partial charge on any atom is -0.465 e. The van der Waals surface area contributed by atoms with E-state index in [-0.39, 0.29) is 5.56 Å². The summed E-state index contributed by atoms with van der Waals surface area (Å²) in [4.78, 5) is 23.6. The van der Waals surface area contributed by atoms with E-state index in [1.807, 2.05) is 0 Å². The molecule has 0 fully saturated rings. The van der Waals surface area contributed by atoms with Crippen LogP contribution in [-0.2, 0) is 6.42 Å². The third-order valence-corrected chi connectivity index (χ3v) is 5.47. The number of amides is 1. The second-order valence-corrected chi connectivity index (χ2v) is 7.80. The number of nitrogens with one attached hydrogen (secondary N) is 1. The second-order valence-electron chi connectivity index (χ2n) is 6.98. The van der Waals surface area contributed by atoms with Crippen LogP contribution in [0.1, 0.15) is 45.9 Å². The molecule has 0 radical (unpaired) electrons. The number of halogens is 6. The van der Waals surface area contributed by atoms with E-state index in [0.29, 0.717) is 36.5 Å². The van der Waals surface area contributed by atoms with Gasteiger partial charge in [-0.3, -0.25) is 4.79 Å². The molecule has 164 valence electrons. The van der Waals surface area contributed by atoms with Crippen molar-refractivity contribution in [2.45, 2.75) is 31.5 Å². The molecule has 0 saturated heterocycles. The third kappa shape index (κ3) is 5.19. The maximum Gasteiger partial charge on any atom is 0.417 e. The Morgan fingerprint density at radius 2 is 1.74 bits per heavy atom. The van der Waals surface area contributed by atoms with E-state index in [1.165, 1.54) is 18.2 Å². The maximum atomic E-state index is 13.6. The Labute approximate surface area is 184 Å². The number of ketones is 1. The lowest BCUT2D eigenvalue weighted by atomic mass is 9.86. The zero-order valence-corrected chi connectivity index (χ0v) is 17.2. The molecule has 3 rings (SSSR count). The smallest absolute Gasteiger partial charge is 0.417 e. The first-order valence-electron chi connectivity index (χ1n) is 9.07. The Morgan fingerprint density at radius 3 is 2.32 bits per heavy atom. The van der Waals surface area contributed by atoms with Crippen molar-refractivity contribution >= 4 is 40.7 Å². The number of rotatable bonds is 4. The first-order valence-corrected chi connectivity index (χ1v) is 9.83. The van der Waals surface area contributed by atoms with Crippen LogP contribution in [0, 0.1) is 5.82 Å². The Hall–Kier alpha value is -2.58. The number of alkyl halides is 3. The normalized spacial score (nSPS) is 16.6. The highest BCUT2D eigenvalue weighted by Gasteiger charge is 2.36. The highest BCUT2D eigenvalue weighted by molar-refractivity contribution is 6.35. The van der Waals surface area contributed by atoms with Crippen molar-refractivity contribution in [3.63, 3.8) is 0 Å². The van der Waals surface area contributed by atoms with Crippen molar-refractivity contribution in [1.29, 1.82) is 0 Å². The maximum absolute atomic E-state index is 13.6. The lowest BCUT2D eigenvalue weighted by molar-refractivity contribution is -0.0689. The SMILES string of the molecule is O=C(O)NC1CCCc2cc(C(=O)C=C(c3cc(Cl)c(F)c(Cl)c3)C(F)(F)F)ccc21. The number of carbonyl (C=O) groups is 2. The summed E-state index contributed by atoms with van der Waals surface area (Å²) in [6.45, 7) is 0. The van der Waals surface area contributed by atoms with Crippen molar-refractivity contribution in [3.05, 3.63) is 74.5 Å². The molecule has 31 heavy (non-hydrogen) atoms.